The Morgan fingerprint density at radius 1 is 0.821 bits per heavy atom. The Balaban J connectivity index is 1.74. The predicted octanol–water partition coefficient (Wildman–Crippen LogP) is 6.67. The van der Waals surface area contributed by atoms with Gasteiger partial charge in [-0.1, -0.05) is 53.2 Å². The number of nitrogens with zero attached hydrogens (tertiary/aromatic N) is 3. The van der Waals surface area contributed by atoms with Crippen LogP contribution in [0.25, 0.3) is 17.1 Å². The number of halogens is 3. The van der Waals surface area contributed by atoms with Crippen LogP contribution < -0.4 is 0 Å². The standard InChI is InChI=1S/C21H14Cl2FN3S/c22-16-7-5-14(6-8-16)20-25-26-21(27(20)18-11-9-17(23)10-12-18)28-13-15-3-1-2-4-19(15)24/h1-12H,13H2. The van der Waals surface area contributed by atoms with Gasteiger partial charge in [0.05, 0.1) is 0 Å². The van der Waals surface area contributed by atoms with Crippen molar-refractivity contribution in [3.63, 3.8) is 0 Å². The van der Waals surface area contributed by atoms with Crippen LogP contribution in [-0.2, 0) is 5.75 Å². The first-order valence-electron chi connectivity index (χ1n) is 8.45. The van der Waals surface area contributed by atoms with Gasteiger partial charge in [-0.05, 0) is 60.2 Å². The van der Waals surface area contributed by atoms with E-state index in [0.29, 0.717) is 32.3 Å². The summed E-state index contributed by atoms with van der Waals surface area (Å²) in [4.78, 5) is 0. The summed E-state index contributed by atoms with van der Waals surface area (Å²) in [6.45, 7) is 0. The fourth-order valence-corrected chi connectivity index (χ4v) is 3.92. The van der Waals surface area contributed by atoms with Gasteiger partial charge < -0.3 is 0 Å². The van der Waals surface area contributed by atoms with E-state index in [1.807, 2.05) is 59.2 Å². The average molecular weight is 430 g/mol. The van der Waals surface area contributed by atoms with Crippen molar-refractivity contribution in [2.75, 3.05) is 0 Å². The largest absolute Gasteiger partial charge is 0.270 e. The van der Waals surface area contributed by atoms with Crippen molar-refractivity contribution in [1.82, 2.24) is 14.8 Å². The minimum absolute atomic E-state index is 0.231. The maximum atomic E-state index is 14.0. The number of aromatic nitrogens is 3. The first kappa shape index (κ1) is 19.0. The van der Waals surface area contributed by atoms with Crippen LogP contribution in [0.5, 0.6) is 0 Å². The fourth-order valence-electron chi connectivity index (χ4n) is 2.73. The molecule has 0 fully saturated rings. The third-order valence-corrected chi connectivity index (χ3v) is 5.62. The zero-order valence-electron chi connectivity index (χ0n) is 14.5. The molecule has 0 saturated carbocycles. The molecule has 0 spiro atoms. The molecule has 28 heavy (non-hydrogen) atoms. The molecule has 4 rings (SSSR count). The zero-order valence-corrected chi connectivity index (χ0v) is 16.8. The highest BCUT2D eigenvalue weighted by atomic mass is 35.5. The SMILES string of the molecule is Fc1ccccc1CSc1nnc(-c2ccc(Cl)cc2)n1-c1ccc(Cl)cc1. The highest BCUT2D eigenvalue weighted by Gasteiger charge is 2.17. The molecule has 7 heteroatoms. The minimum atomic E-state index is -0.231. The summed E-state index contributed by atoms with van der Waals surface area (Å²) in [6, 6.07) is 21.6. The van der Waals surface area contributed by atoms with E-state index in [2.05, 4.69) is 10.2 Å². The third-order valence-electron chi connectivity index (χ3n) is 4.14. The second-order valence-corrected chi connectivity index (χ2v) is 7.82. The fraction of sp³-hybridized carbons (Fsp3) is 0.0476. The molecule has 0 N–H and O–H groups in total. The van der Waals surface area contributed by atoms with Gasteiger partial charge in [0.15, 0.2) is 11.0 Å². The minimum Gasteiger partial charge on any atom is -0.270 e. The van der Waals surface area contributed by atoms with Crippen LogP contribution in [0, 0.1) is 5.82 Å². The first-order valence-corrected chi connectivity index (χ1v) is 10.2. The molecule has 140 valence electrons. The van der Waals surface area contributed by atoms with Gasteiger partial charge in [-0.2, -0.15) is 0 Å². The Hall–Kier alpha value is -2.34. The van der Waals surface area contributed by atoms with Crippen LogP contribution in [0.4, 0.5) is 4.39 Å². The Morgan fingerprint density at radius 3 is 2.14 bits per heavy atom. The second kappa shape index (κ2) is 8.35. The van der Waals surface area contributed by atoms with Crippen LogP contribution in [0.3, 0.4) is 0 Å². The van der Waals surface area contributed by atoms with Crippen molar-refractivity contribution in [3.05, 3.63) is 94.2 Å². The van der Waals surface area contributed by atoms with Gasteiger partial charge >= 0.3 is 0 Å². The van der Waals surface area contributed by atoms with Crippen LogP contribution in [0.15, 0.2) is 78.0 Å². The average Bonchev–Trinajstić information content (AvgIpc) is 3.12. The van der Waals surface area contributed by atoms with Gasteiger partial charge in [0.2, 0.25) is 0 Å². The lowest BCUT2D eigenvalue weighted by Crippen LogP contribution is -2.00. The summed E-state index contributed by atoms with van der Waals surface area (Å²) in [5, 5.41) is 10.7. The number of hydrogen-bond donors (Lipinski definition) is 0. The summed E-state index contributed by atoms with van der Waals surface area (Å²) in [6.07, 6.45) is 0. The number of thioether (sulfide) groups is 1. The topological polar surface area (TPSA) is 30.7 Å². The Kier molecular flexibility index (Phi) is 5.67. The third kappa shape index (κ3) is 4.07. The van der Waals surface area contributed by atoms with E-state index in [0.717, 1.165) is 11.3 Å². The van der Waals surface area contributed by atoms with E-state index in [9.17, 15) is 4.39 Å². The highest BCUT2D eigenvalue weighted by Crippen LogP contribution is 2.31. The molecule has 0 saturated heterocycles. The van der Waals surface area contributed by atoms with Crippen molar-refractivity contribution >= 4 is 35.0 Å². The monoisotopic (exact) mass is 429 g/mol. The quantitative estimate of drug-likeness (QED) is 0.331. The van der Waals surface area contributed by atoms with Crippen molar-refractivity contribution in [1.29, 1.82) is 0 Å². The van der Waals surface area contributed by atoms with E-state index in [-0.39, 0.29) is 5.82 Å². The molecule has 0 aliphatic heterocycles. The van der Waals surface area contributed by atoms with Gasteiger partial charge in [-0.25, -0.2) is 4.39 Å². The van der Waals surface area contributed by atoms with Crippen LogP contribution in [0.2, 0.25) is 10.0 Å². The summed E-state index contributed by atoms with van der Waals surface area (Å²) in [5.74, 6) is 0.888. The van der Waals surface area contributed by atoms with E-state index in [1.54, 1.807) is 12.1 Å². The smallest absolute Gasteiger partial charge is 0.196 e. The normalized spacial score (nSPS) is 11.0. The van der Waals surface area contributed by atoms with E-state index in [4.69, 9.17) is 23.2 Å². The highest BCUT2D eigenvalue weighted by molar-refractivity contribution is 7.98. The van der Waals surface area contributed by atoms with Gasteiger partial charge in [-0.15, -0.1) is 10.2 Å². The molecular formula is C21H14Cl2FN3S. The molecule has 0 bridgehead atoms. The molecule has 1 aromatic heterocycles. The van der Waals surface area contributed by atoms with E-state index < -0.39 is 0 Å². The second-order valence-electron chi connectivity index (χ2n) is 6.00. The van der Waals surface area contributed by atoms with Crippen molar-refractivity contribution in [2.45, 2.75) is 10.9 Å². The van der Waals surface area contributed by atoms with Crippen LogP contribution in [-0.4, -0.2) is 14.8 Å². The van der Waals surface area contributed by atoms with E-state index >= 15 is 0 Å². The number of rotatable bonds is 5. The van der Waals surface area contributed by atoms with Gasteiger partial charge in [0, 0.05) is 27.0 Å². The molecule has 3 nitrogen and oxygen atoms in total. The first-order chi connectivity index (χ1) is 13.6. The molecule has 0 atom stereocenters. The van der Waals surface area contributed by atoms with Crippen molar-refractivity contribution < 1.29 is 4.39 Å². The molecule has 0 aliphatic rings. The summed E-state index contributed by atoms with van der Waals surface area (Å²) in [7, 11) is 0. The van der Waals surface area contributed by atoms with Gasteiger partial charge in [0.25, 0.3) is 0 Å². The molecule has 1 heterocycles. The molecule has 0 amide bonds. The maximum absolute atomic E-state index is 14.0. The number of hydrogen-bond acceptors (Lipinski definition) is 3. The lowest BCUT2D eigenvalue weighted by Gasteiger charge is -2.11. The summed E-state index contributed by atoms with van der Waals surface area (Å²) < 4.78 is 15.9. The zero-order chi connectivity index (χ0) is 19.5. The summed E-state index contributed by atoms with van der Waals surface area (Å²) in [5.41, 5.74) is 2.37. The molecule has 4 aromatic rings. The maximum Gasteiger partial charge on any atom is 0.196 e. The van der Waals surface area contributed by atoms with Crippen molar-refractivity contribution in [2.24, 2.45) is 0 Å². The summed E-state index contributed by atoms with van der Waals surface area (Å²) >= 11 is 13.5. The Morgan fingerprint density at radius 2 is 1.46 bits per heavy atom. The number of benzene rings is 3. The molecule has 3 aromatic carbocycles. The van der Waals surface area contributed by atoms with Crippen LogP contribution in [0.1, 0.15) is 5.56 Å². The Labute approximate surface area is 176 Å². The molecular weight excluding hydrogens is 416 g/mol. The molecule has 0 radical (unpaired) electrons. The Bertz CT molecular complexity index is 1100. The lowest BCUT2D eigenvalue weighted by molar-refractivity contribution is 0.617. The predicted molar refractivity (Wildman–Crippen MR) is 113 cm³/mol. The molecule has 0 aliphatic carbocycles. The lowest BCUT2D eigenvalue weighted by atomic mass is 10.2. The van der Waals surface area contributed by atoms with Crippen molar-refractivity contribution in [3.8, 4) is 17.1 Å². The van der Waals surface area contributed by atoms with E-state index in [1.165, 1.54) is 17.8 Å². The van der Waals surface area contributed by atoms with Crippen LogP contribution >= 0.6 is 35.0 Å². The van der Waals surface area contributed by atoms with Gasteiger partial charge in [-0.3, -0.25) is 4.57 Å². The molecule has 0 unspecified atom stereocenters. The van der Waals surface area contributed by atoms with Gasteiger partial charge in [0.1, 0.15) is 5.82 Å².